The van der Waals surface area contributed by atoms with Crippen LogP contribution in [0.4, 0.5) is 0 Å². The minimum Gasteiger partial charge on any atom is -0.505 e. The molecule has 0 aliphatic rings. The first-order valence-corrected chi connectivity index (χ1v) is 4.26. The van der Waals surface area contributed by atoms with Gasteiger partial charge < -0.3 is 15.4 Å². The summed E-state index contributed by atoms with van der Waals surface area (Å²) < 4.78 is 0. The maximum absolute atomic E-state index is 11.3. The number of aromatic hydroxyl groups is 1. The number of carbonyl (C=O) groups is 1. The molecule has 4 heteroatoms. The van der Waals surface area contributed by atoms with Crippen molar-refractivity contribution in [2.24, 2.45) is 0 Å². The van der Waals surface area contributed by atoms with E-state index in [1.54, 1.807) is 6.07 Å². The van der Waals surface area contributed by atoms with Gasteiger partial charge in [0.15, 0.2) is 5.75 Å². The van der Waals surface area contributed by atoms with Gasteiger partial charge in [0.1, 0.15) is 5.69 Å². The normalized spacial score (nSPS) is 10.4. The van der Waals surface area contributed by atoms with E-state index in [0.29, 0.717) is 5.39 Å². The quantitative estimate of drug-likeness (QED) is 0.633. The largest absolute Gasteiger partial charge is 0.505 e. The summed E-state index contributed by atoms with van der Waals surface area (Å²) in [5.74, 6) is -0.321. The number of hydrogen-bond acceptors (Lipinski definition) is 2. The lowest BCUT2D eigenvalue weighted by atomic mass is 10.2. The standard InChI is InChI=1S/C10H10N2O2/c1-11-10(14)8-9(13)6-4-2-3-5-7(6)12-8/h2-5,12-13H,1H3,(H,11,14). The Morgan fingerprint density at radius 2 is 2.14 bits per heavy atom. The van der Waals surface area contributed by atoms with Crippen molar-refractivity contribution in [2.45, 2.75) is 0 Å². The highest BCUT2D eigenvalue weighted by Gasteiger charge is 2.14. The molecule has 1 aromatic carbocycles. The molecule has 0 radical (unpaired) electrons. The number of amides is 1. The molecule has 0 atom stereocenters. The van der Waals surface area contributed by atoms with Crippen molar-refractivity contribution in [1.29, 1.82) is 0 Å². The fourth-order valence-electron chi connectivity index (χ4n) is 1.42. The minimum atomic E-state index is -0.321. The number of rotatable bonds is 1. The van der Waals surface area contributed by atoms with Crippen LogP contribution in [0, 0.1) is 0 Å². The number of aromatic amines is 1. The van der Waals surface area contributed by atoms with E-state index < -0.39 is 0 Å². The van der Waals surface area contributed by atoms with Crippen LogP contribution < -0.4 is 5.32 Å². The lowest BCUT2D eigenvalue weighted by Gasteiger charge is -1.95. The fraction of sp³-hybridized carbons (Fsp3) is 0.100. The maximum atomic E-state index is 11.3. The molecule has 14 heavy (non-hydrogen) atoms. The summed E-state index contributed by atoms with van der Waals surface area (Å²) >= 11 is 0. The lowest BCUT2D eigenvalue weighted by Crippen LogP contribution is -2.18. The number of carbonyl (C=O) groups excluding carboxylic acids is 1. The Bertz CT molecular complexity index is 488. The van der Waals surface area contributed by atoms with Gasteiger partial charge in [-0.05, 0) is 12.1 Å². The molecular weight excluding hydrogens is 180 g/mol. The van der Waals surface area contributed by atoms with Gasteiger partial charge in [0.05, 0.1) is 0 Å². The number of aromatic nitrogens is 1. The van der Waals surface area contributed by atoms with Crippen molar-refractivity contribution >= 4 is 16.8 Å². The average molecular weight is 190 g/mol. The average Bonchev–Trinajstić information content (AvgIpc) is 2.56. The van der Waals surface area contributed by atoms with Crippen LogP contribution >= 0.6 is 0 Å². The molecule has 1 heterocycles. The molecule has 0 saturated heterocycles. The zero-order valence-corrected chi connectivity index (χ0v) is 7.66. The number of fused-ring (bicyclic) bond motifs is 1. The van der Waals surface area contributed by atoms with E-state index in [-0.39, 0.29) is 17.4 Å². The number of H-pyrrole nitrogens is 1. The second kappa shape index (κ2) is 3.06. The van der Waals surface area contributed by atoms with Gasteiger partial charge in [-0.25, -0.2) is 0 Å². The minimum absolute atomic E-state index is 0.0000463. The summed E-state index contributed by atoms with van der Waals surface area (Å²) in [5, 5.41) is 12.8. The van der Waals surface area contributed by atoms with E-state index in [4.69, 9.17) is 0 Å². The molecule has 0 fully saturated rings. The molecule has 0 spiro atoms. The van der Waals surface area contributed by atoms with Gasteiger partial charge in [-0.15, -0.1) is 0 Å². The topological polar surface area (TPSA) is 65.1 Å². The highest BCUT2D eigenvalue weighted by atomic mass is 16.3. The van der Waals surface area contributed by atoms with Crippen molar-refractivity contribution in [3.63, 3.8) is 0 Å². The molecule has 3 N–H and O–H groups in total. The van der Waals surface area contributed by atoms with Crippen molar-refractivity contribution in [3.8, 4) is 5.75 Å². The van der Waals surface area contributed by atoms with Crippen molar-refractivity contribution < 1.29 is 9.90 Å². The molecule has 4 nitrogen and oxygen atoms in total. The number of benzene rings is 1. The number of para-hydroxylation sites is 1. The van der Waals surface area contributed by atoms with Gasteiger partial charge in [-0.3, -0.25) is 4.79 Å². The van der Waals surface area contributed by atoms with Gasteiger partial charge >= 0.3 is 0 Å². The Morgan fingerprint density at radius 1 is 1.43 bits per heavy atom. The van der Waals surface area contributed by atoms with E-state index in [1.165, 1.54) is 7.05 Å². The smallest absolute Gasteiger partial charge is 0.271 e. The van der Waals surface area contributed by atoms with E-state index in [2.05, 4.69) is 10.3 Å². The van der Waals surface area contributed by atoms with Crippen molar-refractivity contribution in [1.82, 2.24) is 10.3 Å². The molecule has 0 aliphatic carbocycles. The van der Waals surface area contributed by atoms with Crippen LogP contribution in [0.15, 0.2) is 24.3 Å². The zero-order chi connectivity index (χ0) is 10.1. The molecule has 0 aliphatic heterocycles. The van der Waals surface area contributed by atoms with Crippen LogP contribution in [0.5, 0.6) is 5.75 Å². The van der Waals surface area contributed by atoms with Crippen molar-refractivity contribution in [2.75, 3.05) is 7.05 Å². The van der Waals surface area contributed by atoms with Crippen LogP contribution in [-0.4, -0.2) is 23.0 Å². The van der Waals surface area contributed by atoms with Gasteiger partial charge in [-0.2, -0.15) is 0 Å². The van der Waals surface area contributed by atoms with Crippen molar-refractivity contribution in [3.05, 3.63) is 30.0 Å². The molecule has 0 bridgehead atoms. The number of hydrogen-bond donors (Lipinski definition) is 3. The predicted octanol–water partition coefficient (Wildman–Crippen LogP) is 1.23. The highest BCUT2D eigenvalue weighted by molar-refractivity contribution is 6.02. The third kappa shape index (κ3) is 1.12. The Balaban J connectivity index is 2.68. The summed E-state index contributed by atoms with van der Waals surface area (Å²) in [7, 11) is 1.52. The van der Waals surface area contributed by atoms with Crippen LogP contribution in [0.3, 0.4) is 0 Å². The maximum Gasteiger partial charge on any atom is 0.271 e. The first kappa shape index (κ1) is 8.62. The van der Waals surface area contributed by atoms with E-state index in [1.807, 2.05) is 18.2 Å². The van der Waals surface area contributed by atoms with Gasteiger partial charge in [0, 0.05) is 18.0 Å². The van der Waals surface area contributed by atoms with Gasteiger partial charge in [0.25, 0.3) is 5.91 Å². The Hall–Kier alpha value is -1.97. The summed E-state index contributed by atoms with van der Waals surface area (Å²) in [5.41, 5.74) is 0.956. The fourth-order valence-corrected chi connectivity index (χ4v) is 1.42. The molecule has 0 saturated carbocycles. The highest BCUT2D eigenvalue weighted by Crippen LogP contribution is 2.28. The number of nitrogens with one attached hydrogen (secondary N) is 2. The summed E-state index contributed by atoms with van der Waals surface area (Å²) in [6, 6.07) is 7.21. The molecule has 1 amide bonds. The van der Waals surface area contributed by atoms with Crippen LogP contribution in [0.2, 0.25) is 0 Å². The monoisotopic (exact) mass is 190 g/mol. The third-order valence-electron chi connectivity index (χ3n) is 2.13. The first-order valence-electron chi connectivity index (χ1n) is 4.26. The zero-order valence-electron chi connectivity index (χ0n) is 7.66. The van der Waals surface area contributed by atoms with Gasteiger partial charge in [0.2, 0.25) is 0 Å². The molecule has 2 rings (SSSR count). The van der Waals surface area contributed by atoms with Crippen LogP contribution in [-0.2, 0) is 0 Å². The van der Waals surface area contributed by atoms with E-state index in [9.17, 15) is 9.90 Å². The van der Waals surface area contributed by atoms with Crippen LogP contribution in [0.25, 0.3) is 10.9 Å². The Morgan fingerprint density at radius 3 is 2.79 bits per heavy atom. The first-order chi connectivity index (χ1) is 6.74. The summed E-state index contributed by atoms with van der Waals surface area (Å²) in [6.07, 6.45) is 0. The molecule has 72 valence electrons. The molecule has 1 aromatic heterocycles. The lowest BCUT2D eigenvalue weighted by molar-refractivity contribution is 0.0956. The SMILES string of the molecule is CNC(=O)c1[nH]c2ccccc2c1O. The molecular formula is C10H10N2O2. The van der Waals surface area contributed by atoms with Crippen LogP contribution in [0.1, 0.15) is 10.5 Å². The Kier molecular flexibility index (Phi) is 1.89. The Labute approximate surface area is 80.6 Å². The van der Waals surface area contributed by atoms with E-state index >= 15 is 0 Å². The summed E-state index contributed by atoms with van der Waals surface area (Å²) in [6.45, 7) is 0. The van der Waals surface area contributed by atoms with E-state index in [0.717, 1.165) is 5.52 Å². The molecule has 0 unspecified atom stereocenters. The summed E-state index contributed by atoms with van der Waals surface area (Å²) in [4.78, 5) is 14.2. The third-order valence-corrected chi connectivity index (χ3v) is 2.13. The molecule has 2 aromatic rings. The predicted molar refractivity (Wildman–Crippen MR) is 53.4 cm³/mol. The second-order valence-corrected chi connectivity index (χ2v) is 2.97. The second-order valence-electron chi connectivity index (χ2n) is 2.97. The van der Waals surface area contributed by atoms with Gasteiger partial charge in [-0.1, -0.05) is 12.1 Å².